The molecule has 0 unspecified atom stereocenters. The van der Waals surface area contributed by atoms with Crippen molar-refractivity contribution in [3.63, 3.8) is 0 Å². The molecule has 0 aliphatic carbocycles. The number of halogens is 1. The van der Waals surface area contributed by atoms with Gasteiger partial charge in [-0.25, -0.2) is 22.9 Å². The highest BCUT2D eigenvalue weighted by Crippen LogP contribution is 2.30. The monoisotopic (exact) mass is 520 g/mol. The molecule has 11 heteroatoms. The Morgan fingerprint density at radius 2 is 1.89 bits per heavy atom. The van der Waals surface area contributed by atoms with Crippen LogP contribution in [0.15, 0.2) is 47.3 Å². The molecule has 0 bridgehead atoms. The SMILES string of the molecule is CCS(=O)(=O)NCc1cccc(-n2c([C@H](C)N(C(=O)O)C(C)(C)C)nc3cccc(Cl)c3c2=O)c1. The second-order valence-corrected chi connectivity index (χ2v) is 11.6. The van der Waals surface area contributed by atoms with Gasteiger partial charge in [0.15, 0.2) is 0 Å². The van der Waals surface area contributed by atoms with E-state index in [1.165, 1.54) is 9.47 Å². The van der Waals surface area contributed by atoms with Gasteiger partial charge in [-0.1, -0.05) is 29.8 Å². The van der Waals surface area contributed by atoms with E-state index in [0.29, 0.717) is 16.8 Å². The molecule has 188 valence electrons. The number of nitrogens with one attached hydrogen (secondary N) is 1. The van der Waals surface area contributed by atoms with Crippen LogP contribution in [0.1, 0.15) is 52.0 Å². The normalized spacial score (nSPS) is 13.1. The molecule has 1 atom stereocenters. The summed E-state index contributed by atoms with van der Waals surface area (Å²) in [5.74, 6) is 0.159. The predicted molar refractivity (Wildman–Crippen MR) is 137 cm³/mol. The Hall–Kier alpha value is -2.95. The van der Waals surface area contributed by atoms with Crippen LogP contribution in [0.2, 0.25) is 5.02 Å². The molecule has 2 aromatic carbocycles. The van der Waals surface area contributed by atoms with Crippen LogP contribution in [-0.4, -0.2) is 45.4 Å². The number of amides is 1. The predicted octanol–water partition coefficient (Wildman–Crippen LogP) is 4.32. The average Bonchev–Trinajstić information content (AvgIpc) is 2.76. The van der Waals surface area contributed by atoms with Crippen molar-refractivity contribution in [3.05, 3.63) is 69.2 Å². The maximum Gasteiger partial charge on any atom is 0.408 e. The zero-order chi connectivity index (χ0) is 26.1. The van der Waals surface area contributed by atoms with Gasteiger partial charge in [0.2, 0.25) is 10.0 Å². The molecule has 0 saturated carbocycles. The largest absolute Gasteiger partial charge is 0.465 e. The third-order valence-corrected chi connectivity index (χ3v) is 7.27. The maximum absolute atomic E-state index is 13.8. The average molecular weight is 521 g/mol. The number of hydrogen-bond acceptors (Lipinski definition) is 5. The molecule has 0 radical (unpaired) electrons. The highest BCUT2D eigenvalue weighted by molar-refractivity contribution is 7.89. The summed E-state index contributed by atoms with van der Waals surface area (Å²) in [5, 5.41) is 10.4. The first-order valence-electron chi connectivity index (χ1n) is 11.1. The molecule has 2 N–H and O–H groups in total. The van der Waals surface area contributed by atoms with Crippen LogP contribution in [0, 0.1) is 0 Å². The second kappa shape index (κ2) is 9.96. The third-order valence-electron chi connectivity index (χ3n) is 5.61. The zero-order valence-corrected chi connectivity index (χ0v) is 21.8. The van der Waals surface area contributed by atoms with Gasteiger partial charge < -0.3 is 5.11 Å². The molecule has 3 aromatic rings. The Morgan fingerprint density at radius 1 is 1.23 bits per heavy atom. The first-order valence-corrected chi connectivity index (χ1v) is 13.1. The minimum Gasteiger partial charge on any atom is -0.465 e. The number of rotatable bonds is 7. The van der Waals surface area contributed by atoms with Crippen LogP contribution in [0.4, 0.5) is 4.79 Å². The molecule has 1 aromatic heterocycles. The van der Waals surface area contributed by atoms with Gasteiger partial charge in [0, 0.05) is 12.1 Å². The summed E-state index contributed by atoms with van der Waals surface area (Å²) >= 11 is 6.35. The first kappa shape index (κ1) is 26.7. The number of carbonyl (C=O) groups is 1. The molecule has 1 amide bonds. The van der Waals surface area contributed by atoms with Crippen LogP contribution in [0.25, 0.3) is 16.6 Å². The lowest BCUT2D eigenvalue weighted by Gasteiger charge is -2.38. The fourth-order valence-electron chi connectivity index (χ4n) is 3.99. The second-order valence-electron chi connectivity index (χ2n) is 9.14. The lowest BCUT2D eigenvalue weighted by molar-refractivity contribution is 0.0719. The minimum atomic E-state index is -3.42. The molecule has 3 rings (SSSR count). The van der Waals surface area contributed by atoms with Crippen LogP contribution >= 0.6 is 11.6 Å². The Labute approximate surface area is 209 Å². The van der Waals surface area contributed by atoms with E-state index in [4.69, 9.17) is 11.6 Å². The summed E-state index contributed by atoms with van der Waals surface area (Å²) in [7, 11) is -3.42. The van der Waals surface area contributed by atoms with Crippen LogP contribution in [0.5, 0.6) is 0 Å². The minimum absolute atomic E-state index is 0.0364. The molecule has 35 heavy (non-hydrogen) atoms. The summed E-state index contributed by atoms with van der Waals surface area (Å²) < 4.78 is 27.6. The van der Waals surface area contributed by atoms with Gasteiger partial charge >= 0.3 is 6.09 Å². The number of benzene rings is 2. The van der Waals surface area contributed by atoms with E-state index in [1.807, 2.05) is 0 Å². The number of sulfonamides is 1. The quantitative estimate of drug-likeness (QED) is 0.478. The lowest BCUT2D eigenvalue weighted by atomic mass is 10.0. The highest BCUT2D eigenvalue weighted by Gasteiger charge is 2.34. The van der Waals surface area contributed by atoms with Crippen molar-refractivity contribution in [1.29, 1.82) is 0 Å². The zero-order valence-electron chi connectivity index (χ0n) is 20.2. The van der Waals surface area contributed by atoms with E-state index in [0.717, 1.165) is 0 Å². The molecule has 1 heterocycles. The number of nitrogens with zero attached hydrogens (tertiary/aromatic N) is 3. The Kier molecular flexibility index (Phi) is 7.59. The van der Waals surface area contributed by atoms with E-state index in [2.05, 4.69) is 9.71 Å². The molecule has 0 spiro atoms. The highest BCUT2D eigenvalue weighted by atomic mass is 35.5. The maximum atomic E-state index is 13.8. The van der Waals surface area contributed by atoms with Gasteiger partial charge in [-0.2, -0.15) is 0 Å². The topological polar surface area (TPSA) is 122 Å². The molecule has 0 aliphatic rings. The first-order chi connectivity index (χ1) is 16.3. The van der Waals surface area contributed by atoms with Crippen LogP contribution < -0.4 is 10.3 Å². The van der Waals surface area contributed by atoms with Crippen molar-refractivity contribution in [2.75, 3.05) is 5.75 Å². The molecular formula is C24H29ClN4O5S. The standard InChI is InChI=1S/C24H29ClN4O5S/c1-6-35(33,34)26-14-16-9-7-10-17(13-16)28-21(15(2)29(23(31)32)24(3,4)5)27-19-12-8-11-18(25)20(19)22(28)30/h7-13,15,26H,6,14H2,1-5H3,(H,31,32)/t15-/m0/s1. The number of carboxylic acid groups (broad SMARTS) is 1. The Bertz CT molecular complexity index is 1430. The fourth-order valence-corrected chi connectivity index (χ4v) is 4.83. The molecule has 0 saturated heterocycles. The van der Waals surface area contributed by atoms with Crippen molar-refractivity contribution in [2.24, 2.45) is 0 Å². The summed E-state index contributed by atoms with van der Waals surface area (Å²) in [4.78, 5) is 31.9. The van der Waals surface area contributed by atoms with Crippen LogP contribution in [-0.2, 0) is 16.6 Å². The van der Waals surface area contributed by atoms with Gasteiger partial charge in [0.25, 0.3) is 5.56 Å². The van der Waals surface area contributed by atoms with E-state index < -0.39 is 33.3 Å². The Balaban J connectivity index is 2.28. The van der Waals surface area contributed by atoms with Gasteiger partial charge in [-0.3, -0.25) is 14.3 Å². The van der Waals surface area contributed by atoms with Crippen molar-refractivity contribution < 1.29 is 18.3 Å². The number of aromatic nitrogens is 2. The number of hydrogen-bond donors (Lipinski definition) is 2. The molecular weight excluding hydrogens is 492 g/mol. The fraction of sp³-hybridized carbons (Fsp3) is 0.375. The van der Waals surface area contributed by atoms with Gasteiger partial charge in [0.1, 0.15) is 5.82 Å². The van der Waals surface area contributed by atoms with E-state index in [-0.39, 0.29) is 28.5 Å². The Morgan fingerprint density at radius 3 is 2.49 bits per heavy atom. The summed E-state index contributed by atoms with van der Waals surface area (Å²) in [6.07, 6.45) is -1.15. The third kappa shape index (κ3) is 5.66. The smallest absolute Gasteiger partial charge is 0.408 e. The van der Waals surface area contributed by atoms with E-state index >= 15 is 0 Å². The molecule has 9 nitrogen and oxygen atoms in total. The van der Waals surface area contributed by atoms with Crippen molar-refractivity contribution >= 4 is 38.6 Å². The molecule has 0 fully saturated rings. The van der Waals surface area contributed by atoms with Crippen molar-refractivity contribution in [1.82, 2.24) is 19.2 Å². The van der Waals surface area contributed by atoms with E-state index in [1.54, 1.807) is 77.1 Å². The summed E-state index contributed by atoms with van der Waals surface area (Å²) in [5.41, 5.74) is 0.158. The lowest BCUT2D eigenvalue weighted by Crippen LogP contribution is -2.47. The van der Waals surface area contributed by atoms with Gasteiger partial charge in [0.05, 0.1) is 33.4 Å². The van der Waals surface area contributed by atoms with Gasteiger partial charge in [-0.15, -0.1) is 0 Å². The van der Waals surface area contributed by atoms with Gasteiger partial charge in [-0.05, 0) is 64.4 Å². The summed E-state index contributed by atoms with van der Waals surface area (Å²) in [6.45, 7) is 8.54. The van der Waals surface area contributed by atoms with Crippen molar-refractivity contribution in [2.45, 2.75) is 52.7 Å². The van der Waals surface area contributed by atoms with Crippen LogP contribution in [0.3, 0.4) is 0 Å². The van der Waals surface area contributed by atoms with E-state index in [9.17, 15) is 23.1 Å². The van der Waals surface area contributed by atoms with Crippen molar-refractivity contribution in [3.8, 4) is 5.69 Å². The summed E-state index contributed by atoms with van der Waals surface area (Å²) in [6, 6.07) is 10.9. The molecule has 0 aliphatic heterocycles. The number of fused-ring (bicyclic) bond motifs is 1.